The van der Waals surface area contributed by atoms with Crippen LogP contribution in [0.15, 0.2) is 36.5 Å². The molecule has 0 atom stereocenters. The maximum absolute atomic E-state index is 6.35. The van der Waals surface area contributed by atoms with Crippen LogP contribution in [0.2, 0.25) is 0 Å². The van der Waals surface area contributed by atoms with E-state index in [2.05, 4.69) is 40.1 Å². The Morgan fingerprint density at radius 1 is 1.03 bits per heavy atom. The average Bonchev–Trinajstić information content (AvgIpc) is 3.15. The van der Waals surface area contributed by atoms with Crippen LogP contribution < -0.4 is 25.8 Å². The zero-order valence-electron chi connectivity index (χ0n) is 22.2. The van der Waals surface area contributed by atoms with Gasteiger partial charge < -0.3 is 30.4 Å². The first-order chi connectivity index (χ1) is 17.0. The maximum atomic E-state index is 6.35. The molecular weight excluding hydrogens is 454 g/mol. The van der Waals surface area contributed by atoms with Crippen molar-refractivity contribution in [2.45, 2.75) is 53.2 Å². The van der Waals surface area contributed by atoms with E-state index in [0.717, 1.165) is 39.6 Å². The second-order valence-electron chi connectivity index (χ2n) is 9.96. The molecule has 0 unspecified atom stereocenters. The van der Waals surface area contributed by atoms with Gasteiger partial charge in [-0.15, -0.1) is 0 Å². The maximum Gasteiger partial charge on any atom is 0.227 e. The van der Waals surface area contributed by atoms with Gasteiger partial charge in [0.25, 0.3) is 0 Å². The van der Waals surface area contributed by atoms with Gasteiger partial charge in [-0.3, -0.25) is 0 Å². The molecule has 0 fully saturated rings. The second-order valence-corrected chi connectivity index (χ2v) is 9.96. The van der Waals surface area contributed by atoms with Crippen molar-refractivity contribution in [2.24, 2.45) is 0 Å². The van der Waals surface area contributed by atoms with E-state index >= 15 is 0 Å². The number of nitrogen functional groups attached to an aromatic ring is 1. The normalized spacial score (nSPS) is 11.7. The van der Waals surface area contributed by atoms with E-state index in [1.807, 2.05) is 52.9 Å². The van der Waals surface area contributed by atoms with Crippen LogP contribution in [0.3, 0.4) is 0 Å². The number of methoxy groups -OCH3 is 1. The zero-order chi connectivity index (χ0) is 26.2. The summed E-state index contributed by atoms with van der Waals surface area (Å²) in [6.45, 7) is 12.4. The number of aryl methyl sites for hydroxylation is 1. The highest BCUT2D eigenvalue weighted by Gasteiger charge is 2.21. The molecule has 0 saturated carbocycles. The number of aromatic nitrogens is 4. The van der Waals surface area contributed by atoms with Crippen LogP contribution in [-0.2, 0) is 0 Å². The van der Waals surface area contributed by atoms with Crippen molar-refractivity contribution in [2.75, 3.05) is 30.5 Å². The van der Waals surface area contributed by atoms with Crippen LogP contribution in [0.25, 0.3) is 22.3 Å². The Hall–Kier alpha value is -4.01. The first kappa shape index (κ1) is 25.1. The summed E-state index contributed by atoms with van der Waals surface area (Å²) in [6.07, 6.45) is 1.72. The molecule has 190 valence electrons. The van der Waals surface area contributed by atoms with Gasteiger partial charge >= 0.3 is 0 Å². The monoisotopic (exact) mass is 489 g/mol. The lowest BCUT2D eigenvalue weighted by Crippen LogP contribution is -2.23. The molecule has 2 aromatic carbocycles. The van der Waals surface area contributed by atoms with E-state index < -0.39 is 0 Å². The minimum Gasteiger partial charge on any atom is -0.494 e. The van der Waals surface area contributed by atoms with Crippen LogP contribution >= 0.6 is 0 Å². The molecule has 0 spiro atoms. The van der Waals surface area contributed by atoms with Gasteiger partial charge in [0.2, 0.25) is 5.95 Å². The Kier molecular flexibility index (Phi) is 6.67. The fourth-order valence-corrected chi connectivity index (χ4v) is 4.27. The molecule has 2 heterocycles. The van der Waals surface area contributed by atoms with Gasteiger partial charge in [-0.05, 0) is 65.8 Å². The molecular formula is C27H35N7O2. The molecule has 0 radical (unpaired) electrons. The van der Waals surface area contributed by atoms with Crippen LogP contribution in [0, 0.1) is 6.92 Å². The molecule has 0 bridgehead atoms. The van der Waals surface area contributed by atoms with Crippen molar-refractivity contribution < 1.29 is 9.47 Å². The number of rotatable bonds is 7. The summed E-state index contributed by atoms with van der Waals surface area (Å²) < 4.78 is 14.1. The lowest BCUT2D eigenvalue weighted by Gasteiger charge is -2.22. The Morgan fingerprint density at radius 2 is 1.78 bits per heavy atom. The third-order valence-electron chi connectivity index (χ3n) is 5.71. The van der Waals surface area contributed by atoms with E-state index in [-0.39, 0.29) is 11.6 Å². The van der Waals surface area contributed by atoms with Gasteiger partial charge in [0.1, 0.15) is 28.4 Å². The minimum atomic E-state index is -0.380. The molecule has 9 heteroatoms. The molecule has 4 N–H and O–H groups in total. The Morgan fingerprint density at radius 3 is 2.42 bits per heavy atom. The molecule has 4 rings (SSSR count). The number of nitrogens with zero attached hydrogens (tertiary/aromatic N) is 4. The summed E-state index contributed by atoms with van der Waals surface area (Å²) >= 11 is 0. The number of ether oxygens (including phenoxy) is 2. The zero-order valence-corrected chi connectivity index (χ0v) is 22.2. The number of imidazole rings is 1. The second kappa shape index (κ2) is 9.56. The summed E-state index contributed by atoms with van der Waals surface area (Å²) in [7, 11) is 3.42. The predicted molar refractivity (Wildman–Crippen MR) is 146 cm³/mol. The van der Waals surface area contributed by atoms with Gasteiger partial charge in [-0.2, -0.15) is 0 Å². The standard InChI is InChI=1S/C27H35N7O2/c1-15(2)34-16(3)31-25-22(34)11-17(12-24(25)36-27(4,5)6)19-9-10-30-26(32-19)33-21-13-18(28)20(29-7)14-23(21)35-8/h9-15,29H,28H2,1-8H3,(H,30,32,33). The molecule has 36 heavy (non-hydrogen) atoms. The van der Waals surface area contributed by atoms with Crippen LogP contribution in [0.1, 0.15) is 46.5 Å². The number of nitrogens with one attached hydrogen (secondary N) is 2. The van der Waals surface area contributed by atoms with Crippen molar-refractivity contribution in [3.8, 4) is 22.8 Å². The Balaban J connectivity index is 1.81. The number of anilines is 4. The fourth-order valence-electron chi connectivity index (χ4n) is 4.27. The molecule has 0 aliphatic rings. The number of fused-ring (bicyclic) bond motifs is 1. The summed E-state index contributed by atoms with van der Waals surface area (Å²) in [4.78, 5) is 14.0. The number of benzene rings is 2. The minimum absolute atomic E-state index is 0.244. The summed E-state index contributed by atoms with van der Waals surface area (Å²) in [5.41, 5.74) is 11.3. The number of hydrogen-bond donors (Lipinski definition) is 3. The van der Waals surface area contributed by atoms with E-state index in [0.29, 0.717) is 23.1 Å². The average molecular weight is 490 g/mol. The lowest BCUT2D eigenvalue weighted by molar-refractivity contribution is 0.133. The summed E-state index contributed by atoms with van der Waals surface area (Å²) in [5, 5.41) is 6.30. The topological polar surface area (TPSA) is 112 Å². The highest BCUT2D eigenvalue weighted by Crippen LogP contribution is 2.37. The van der Waals surface area contributed by atoms with E-state index in [1.54, 1.807) is 19.4 Å². The van der Waals surface area contributed by atoms with Crippen LogP contribution in [0.4, 0.5) is 23.0 Å². The van der Waals surface area contributed by atoms with Crippen LogP contribution in [0.5, 0.6) is 11.5 Å². The van der Waals surface area contributed by atoms with Crippen molar-refractivity contribution in [1.29, 1.82) is 0 Å². The van der Waals surface area contributed by atoms with Gasteiger partial charge in [-0.25, -0.2) is 15.0 Å². The van der Waals surface area contributed by atoms with E-state index in [1.165, 1.54) is 0 Å². The molecule has 0 aliphatic carbocycles. The van der Waals surface area contributed by atoms with Crippen molar-refractivity contribution in [3.63, 3.8) is 0 Å². The van der Waals surface area contributed by atoms with Gasteiger partial charge in [0.05, 0.1) is 35.4 Å². The Labute approximate surface area is 212 Å². The number of hydrogen-bond acceptors (Lipinski definition) is 8. The van der Waals surface area contributed by atoms with Crippen molar-refractivity contribution >= 4 is 34.0 Å². The fraction of sp³-hybridized carbons (Fsp3) is 0.370. The quantitative estimate of drug-likeness (QED) is 0.274. The molecule has 0 amide bonds. The molecule has 0 saturated heterocycles. The highest BCUT2D eigenvalue weighted by molar-refractivity contribution is 5.88. The van der Waals surface area contributed by atoms with Gasteiger partial charge in [0.15, 0.2) is 0 Å². The van der Waals surface area contributed by atoms with Gasteiger partial charge in [-0.1, -0.05) is 0 Å². The van der Waals surface area contributed by atoms with Crippen molar-refractivity contribution in [1.82, 2.24) is 19.5 Å². The highest BCUT2D eigenvalue weighted by atomic mass is 16.5. The molecule has 9 nitrogen and oxygen atoms in total. The first-order valence-corrected chi connectivity index (χ1v) is 12.0. The van der Waals surface area contributed by atoms with Crippen LogP contribution in [-0.4, -0.2) is 39.3 Å². The summed E-state index contributed by atoms with van der Waals surface area (Å²) in [5.74, 6) is 2.72. The smallest absolute Gasteiger partial charge is 0.227 e. The predicted octanol–water partition coefficient (Wildman–Crippen LogP) is 5.94. The number of nitrogens with two attached hydrogens (primary N) is 1. The SMILES string of the molecule is CNc1cc(OC)c(Nc2nccc(-c3cc(OC(C)(C)C)c4nc(C)n(C(C)C)c4c3)n2)cc1N. The Bertz CT molecular complexity index is 1400. The third kappa shape index (κ3) is 5.00. The molecule has 2 aromatic heterocycles. The van der Waals surface area contributed by atoms with Gasteiger partial charge in [0, 0.05) is 30.9 Å². The van der Waals surface area contributed by atoms with E-state index in [4.69, 9.17) is 25.2 Å². The van der Waals surface area contributed by atoms with E-state index in [9.17, 15) is 0 Å². The molecule has 4 aromatic rings. The lowest BCUT2D eigenvalue weighted by atomic mass is 10.1. The molecule has 0 aliphatic heterocycles. The first-order valence-electron chi connectivity index (χ1n) is 12.0. The summed E-state index contributed by atoms with van der Waals surface area (Å²) in [6, 6.07) is 9.86. The largest absolute Gasteiger partial charge is 0.494 e. The third-order valence-corrected chi connectivity index (χ3v) is 5.71. The van der Waals surface area contributed by atoms with Crippen molar-refractivity contribution in [3.05, 3.63) is 42.4 Å².